The zero-order valence-corrected chi connectivity index (χ0v) is 7.96. The number of halogens is 1. The maximum atomic E-state index is 11.1. The van der Waals surface area contributed by atoms with Crippen LogP contribution in [0, 0.1) is 0 Å². The number of hydrogen-bond acceptors (Lipinski definition) is 3. The van der Waals surface area contributed by atoms with Gasteiger partial charge in [0.15, 0.2) is 10.4 Å². The number of nitrogens with one attached hydrogen (secondary N) is 1. The summed E-state index contributed by atoms with van der Waals surface area (Å²) in [7, 11) is 0. The van der Waals surface area contributed by atoms with E-state index in [4.69, 9.17) is 9.52 Å². The van der Waals surface area contributed by atoms with E-state index in [1.807, 2.05) is 0 Å². The average Bonchev–Trinajstić information content (AvgIpc) is 2.34. The Bertz CT molecular complexity index is 282. The highest BCUT2D eigenvalue weighted by atomic mass is 79.9. The molecule has 0 radical (unpaired) electrons. The molecule has 0 aromatic carbocycles. The van der Waals surface area contributed by atoms with E-state index in [-0.39, 0.29) is 5.76 Å². The summed E-state index contributed by atoms with van der Waals surface area (Å²) in [5, 5.41) is 11.1. The Kier molecular flexibility index (Phi) is 2.88. The summed E-state index contributed by atoms with van der Waals surface area (Å²) < 4.78 is 5.42. The Labute approximate surface area is 77.7 Å². The summed E-state index contributed by atoms with van der Waals surface area (Å²) in [6.07, 6.45) is -0.874. The molecule has 0 bridgehead atoms. The predicted octanol–water partition coefficient (Wildman–Crippen LogP) is 1.11. The van der Waals surface area contributed by atoms with Crippen molar-refractivity contribution in [1.29, 1.82) is 0 Å². The van der Waals surface area contributed by atoms with E-state index in [0.29, 0.717) is 4.67 Å². The van der Waals surface area contributed by atoms with Gasteiger partial charge in [-0.05, 0) is 35.0 Å². The Morgan fingerprint density at radius 1 is 1.75 bits per heavy atom. The van der Waals surface area contributed by atoms with Gasteiger partial charge in [0, 0.05) is 0 Å². The summed E-state index contributed by atoms with van der Waals surface area (Å²) in [5.74, 6) is -0.265. The van der Waals surface area contributed by atoms with Gasteiger partial charge >= 0.3 is 0 Å². The molecule has 4 nitrogen and oxygen atoms in total. The second-order valence-corrected chi connectivity index (χ2v) is 3.03. The van der Waals surface area contributed by atoms with Gasteiger partial charge in [-0.3, -0.25) is 4.79 Å². The van der Waals surface area contributed by atoms with Crippen molar-refractivity contribution in [1.82, 2.24) is 5.32 Å². The lowest BCUT2D eigenvalue weighted by Gasteiger charge is -2.04. The summed E-state index contributed by atoms with van der Waals surface area (Å²) in [6.45, 7) is 1.45. The molecule has 12 heavy (non-hydrogen) atoms. The minimum absolute atomic E-state index is 0.169. The minimum atomic E-state index is -0.874. The van der Waals surface area contributed by atoms with Crippen LogP contribution >= 0.6 is 15.9 Å². The highest BCUT2D eigenvalue weighted by Gasteiger charge is 2.10. The third kappa shape index (κ3) is 2.35. The van der Waals surface area contributed by atoms with Crippen molar-refractivity contribution in [3.63, 3.8) is 0 Å². The fourth-order valence-electron chi connectivity index (χ4n) is 0.697. The Balaban J connectivity index is 2.65. The Hall–Kier alpha value is -0.810. The summed E-state index contributed by atoms with van der Waals surface area (Å²) >= 11 is 3.06. The molecule has 1 aromatic rings. The molecule has 1 heterocycles. The van der Waals surface area contributed by atoms with E-state index in [1.165, 1.54) is 13.0 Å². The van der Waals surface area contributed by atoms with Gasteiger partial charge in [0.25, 0.3) is 5.91 Å². The number of rotatable bonds is 2. The number of aliphatic hydroxyl groups is 1. The van der Waals surface area contributed by atoms with Gasteiger partial charge in [-0.15, -0.1) is 0 Å². The number of carbonyl (C=O) groups excluding carboxylic acids is 1. The van der Waals surface area contributed by atoms with Crippen molar-refractivity contribution in [2.24, 2.45) is 0 Å². The number of hydrogen-bond donors (Lipinski definition) is 2. The number of amides is 1. The molecule has 0 saturated carbocycles. The van der Waals surface area contributed by atoms with Crippen LogP contribution in [0.5, 0.6) is 0 Å². The van der Waals surface area contributed by atoms with Crippen LogP contribution in [0.25, 0.3) is 0 Å². The Morgan fingerprint density at radius 2 is 2.42 bits per heavy atom. The van der Waals surface area contributed by atoms with Crippen molar-refractivity contribution in [3.05, 3.63) is 22.6 Å². The summed E-state index contributed by atoms with van der Waals surface area (Å²) in [4.78, 5) is 11.1. The molecule has 1 aromatic heterocycles. The third-order valence-electron chi connectivity index (χ3n) is 1.14. The molecule has 1 amide bonds. The summed E-state index contributed by atoms with van der Waals surface area (Å²) in [5.41, 5.74) is 0. The molecular formula is C7H8BrNO3. The quantitative estimate of drug-likeness (QED) is 0.753. The molecule has 0 spiro atoms. The molecule has 2 N–H and O–H groups in total. The summed E-state index contributed by atoms with van der Waals surface area (Å²) in [6, 6.07) is 3.12. The molecule has 1 unspecified atom stereocenters. The van der Waals surface area contributed by atoms with E-state index in [0.717, 1.165) is 0 Å². The molecule has 1 rings (SSSR count). The zero-order chi connectivity index (χ0) is 9.14. The molecule has 1 atom stereocenters. The molecule has 0 aliphatic carbocycles. The van der Waals surface area contributed by atoms with Gasteiger partial charge in [-0.1, -0.05) is 0 Å². The molecule has 0 aliphatic heterocycles. The second-order valence-electron chi connectivity index (χ2n) is 2.25. The van der Waals surface area contributed by atoms with Gasteiger partial charge in [-0.2, -0.15) is 0 Å². The first kappa shape index (κ1) is 9.28. The van der Waals surface area contributed by atoms with E-state index in [9.17, 15) is 4.79 Å². The fourth-order valence-corrected chi connectivity index (χ4v) is 1.00. The lowest BCUT2D eigenvalue weighted by atomic mass is 10.4. The number of aliphatic hydroxyl groups excluding tert-OH is 1. The van der Waals surface area contributed by atoms with Crippen LogP contribution in [0.15, 0.2) is 21.2 Å². The van der Waals surface area contributed by atoms with Crippen LogP contribution < -0.4 is 5.32 Å². The van der Waals surface area contributed by atoms with E-state index in [1.54, 1.807) is 6.07 Å². The van der Waals surface area contributed by atoms with Crippen LogP contribution in [-0.2, 0) is 0 Å². The van der Waals surface area contributed by atoms with Crippen molar-refractivity contribution in [3.8, 4) is 0 Å². The fraction of sp³-hybridized carbons (Fsp3) is 0.286. The molecular weight excluding hydrogens is 226 g/mol. The molecule has 0 saturated heterocycles. The van der Waals surface area contributed by atoms with Crippen molar-refractivity contribution >= 4 is 21.8 Å². The van der Waals surface area contributed by atoms with E-state index in [2.05, 4.69) is 21.2 Å². The van der Waals surface area contributed by atoms with Crippen LogP contribution in [0.2, 0.25) is 0 Å². The smallest absolute Gasteiger partial charge is 0.289 e. The standard InChI is InChI=1S/C7H8BrNO3/c1-4(10)9-7(11)5-2-3-6(8)12-5/h2-4,10H,1H3,(H,9,11). The first-order valence-electron chi connectivity index (χ1n) is 3.34. The SMILES string of the molecule is CC(O)NC(=O)c1ccc(Br)o1. The Morgan fingerprint density at radius 3 is 2.83 bits per heavy atom. The van der Waals surface area contributed by atoms with Crippen LogP contribution in [0.4, 0.5) is 0 Å². The molecule has 66 valence electrons. The normalized spacial score (nSPS) is 12.6. The lowest BCUT2D eigenvalue weighted by Crippen LogP contribution is -2.31. The van der Waals surface area contributed by atoms with Crippen molar-refractivity contribution < 1.29 is 14.3 Å². The highest BCUT2D eigenvalue weighted by Crippen LogP contribution is 2.13. The van der Waals surface area contributed by atoms with E-state index >= 15 is 0 Å². The largest absolute Gasteiger partial charge is 0.444 e. The first-order chi connectivity index (χ1) is 5.59. The van der Waals surface area contributed by atoms with Crippen molar-refractivity contribution in [2.45, 2.75) is 13.2 Å². The topological polar surface area (TPSA) is 62.5 Å². The van der Waals surface area contributed by atoms with Gasteiger partial charge < -0.3 is 14.8 Å². The maximum absolute atomic E-state index is 11.1. The van der Waals surface area contributed by atoms with Crippen LogP contribution in [-0.4, -0.2) is 17.2 Å². The van der Waals surface area contributed by atoms with Crippen molar-refractivity contribution in [2.75, 3.05) is 0 Å². The highest BCUT2D eigenvalue weighted by molar-refractivity contribution is 9.10. The van der Waals surface area contributed by atoms with Gasteiger partial charge in [-0.25, -0.2) is 0 Å². The zero-order valence-electron chi connectivity index (χ0n) is 6.37. The van der Waals surface area contributed by atoms with Crippen LogP contribution in [0.1, 0.15) is 17.5 Å². The monoisotopic (exact) mass is 233 g/mol. The lowest BCUT2D eigenvalue weighted by molar-refractivity contribution is 0.0789. The molecule has 0 aliphatic rings. The van der Waals surface area contributed by atoms with Gasteiger partial charge in [0.2, 0.25) is 0 Å². The van der Waals surface area contributed by atoms with Gasteiger partial charge in [0.05, 0.1) is 0 Å². The van der Waals surface area contributed by atoms with Gasteiger partial charge in [0.1, 0.15) is 6.23 Å². The maximum Gasteiger partial charge on any atom is 0.289 e. The average molecular weight is 234 g/mol. The van der Waals surface area contributed by atoms with Crippen LogP contribution in [0.3, 0.4) is 0 Å². The third-order valence-corrected chi connectivity index (χ3v) is 1.56. The van der Waals surface area contributed by atoms with E-state index < -0.39 is 12.1 Å². The first-order valence-corrected chi connectivity index (χ1v) is 4.13. The number of furan rings is 1. The second kappa shape index (κ2) is 3.73. The number of carbonyl (C=O) groups is 1. The molecule has 5 heteroatoms. The predicted molar refractivity (Wildman–Crippen MR) is 45.6 cm³/mol. The minimum Gasteiger partial charge on any atom is -0.444 e. The molecule has 0 fully saturated rings.